The first kappa shape index (κ1) is 24.2. The zero-order valence-electron chi connectivity index (χ0n) is 17.7. The molecule has 2 aliphatic rings. The van der Waals surface area contributed by atoms with E-state index in [1.165, 1.54) is 0 Å². The number of halogens is 5. The number of benzene rings is 1. The Morgan fingerprint density at radius 3 is 2.19 bits per heavy atom. The van der Waals surface area contributed by atoms with E-state index in [9.17, 15) is 26.7 Å². The first-order valence-electron chi connectivity index (χ1n) is 10.9. The largest absolute Gasteiger partial charge is 0.422 e. The first-order chi connectivity index (χ1) is 15.2. The van der Waals surface area contributed by atoms with Crippen LogP contribution >= 0.6 is 0 Å². The van der Waals surface area contributed by atoms with Gasteiger partial charge < -0.3 is 10.2 Å². The lowest BCUT2D eigenvalue weighted by molar-refractivity contribution is -0.142. The van der Waals surface area contributed by atoms with E-state index in [1.807, 2.05) is 6.07 Å². The fourth-order valence-corrected chi connectivity index (χ4v) is 4.55. The van der Waals surface area contributed by atoms with Crippen LogP contribution in [0.5, 0.6) is 0 Å². The standard InChI is InChI=1S/C22H27F5N4O/c23-18-13-17(14-19(24)21(18)22(25,26)27)31-11-9-30(10-12-31)8-6-15-1-3-16(4-2-15)29-20(32)5-7-28/h13-16H,1-6,8-12H2,(H,29,32). The van der Waals surface area contributed by atoms with Crippen molar-refractivity contribution in [3.8, 4) is 6.07 Å². The van der Waals surface area contributed by atoms with Crippen molar-refractivity contribution in [2.75, 3.05) is 37.6 Å². The minimum atomic E-state index is -5.06. The third-order valence-electron chi connectivity index (χ3n) is 6.35. The van der Waals surface area contributed by atoms with Gasteiger partial charge in [-0.2, -0.15) is 18.4 Å². The first-order valence-corrected chi connectivity index (χ1v) is 10.9. The summed E-state index contributed by atoms with van der Waals surface area (Å²) in [5.41, 5.74) is -1.72. The molecule has 0 radical (unpaired) electrons. The van der Waals surface area contributed by atoms with Gasteiger partial charge in [-0.1, -0.05) is 0 Å². The van der Waals surface area contributed by atoms with Gasteiger partial charge in [0.2, 0.25) is 5.91 Å². The predicted molar refractivity (Wildman–Crippen MR) is 109 cm³/mol. The minimum absolute atomic E-state index is 0.113. The molecular formula is C22H27F5N4O. The van der Waals surface area contributed by atoms with Crippen LogP contribution in [0.25, 0.3) is 0 Å². The van der Waals surface area contributed by atoms with Gasteiger partial charge in [-0.05, 0) is 56.7 Å². The average molecular weight is 458 g/mol. The van der Waals surface area contributed by atoms with E-state index < -0.39 is 23.4 Å². The maximum absolute atomic E-state index is 13.9. The molecule has 1 aliphatic carbocycles. The fourth-order valence-electron chi connectivity index (χ4n) is 4.55. The fraction of sp³-hybridized carbons (Fsp3) is 0.636. The summed E-state index contributed by atoms with van der Waals surface area (Å²) in [7, 11) is 0. The van der Waals surface area contributed by atoms with Crippen molar-refractivity contribution in [2.24, 2.45) is 5.92 Å². The molecule has 0 bridgehead atoms. The zero-order valence-corrected chi connectivity index (χ0v) is 17.7. The molecule has 176 valence electrons. The molecule has 2 fully saturated rings. The molecule has 10 heteroatoms. The van der Waals surface area contributed by atoms with Crippen molar-refractivity contribution in [2.45, 2.75) is 50.7 Å². The van der Waals surface area contributed by atoms with Gasteiger partial charge in [0, 0.05) is 37.9 Å². The van der Waals surface area contributed by atoms with Gasteiger partial charge in [0.15, 0.2) is 0 Å². The summed E-state index contributed by atoms with van der Waals surface area (Å²) >= 11 is 0. The van der Waals surface area contributed by atoms with Crippen LogP contribution in [0.3, 0.4) is 0 Å². The van der Waals surface area contributed by atoms with Gasteiger partial charge in [-0.25, -0.2) is 8.78 Å². The molecule has 0 aromatic heterocycles. The molecule has 3 rings (SSSR count). The summed E-state index contributed by atoms with van der Waals surface area (Å²) in [4.78, 5) is 15.5. The van der Waals surface area contributed by atoms with Gasteiger partial charge >= 0.3 is 6.18 Å². The normalized spacial score (nSPS) is 22.4. The van der Waals surface area contributed by atoms with E-state index in [0.29, 0.717) is 32.1 Å². The van der Waals surface area contributed by atoms with E-state index in [1.54, 1.807) is 4.90 Å². The second-order valence-electron chi connectivity index (χ2n) is 8.52. The van der Waals surface area contributed by atoms with Crippen molar-refractivity contribution < 1.29 is 26.7 Å². The molecule has 1 aliphatic heterocycles. The van der Waals surface area contributed by atoms with Crippen LogP contribution in [0, 0.1) is 28.9 Å². The Labute approximate surface area is 184 Å². The topological polar surface area (TPSA) is 59.4 Å². The number of anilines is 1. The summed E-state index contributed by atoms with van der Waals surface area (Å²) in [6.07, 6.45) is -0.322. The van der Waals surface area contributed by atoms with Crippen LogP contribution in [0.15, 0.2) is 12.1 Å². The smallest absolute Gasteiger partial charge is 0.369 e. The van der Waals surface area contributed by atoms with Crippen molar-refractivity contribution in [3.63, 3.8) is 0 Å². The van der Waals surface area contributed by atoms with Crippen LogP contribution in [-0.2, 0) is 11.0 Å². The molecule has 0 unspecified atom stereocenters. The van der Waals surface area contributed by atoms with Gasteiger partial charge in [0.1, 0.15) is 23.6 Å². The molecule has 1 N–H and O–H groups in total. The number of nitrogens with one attached hydrogen (secondary N) is 1. The minimum Gasteiger partial charge on any atom is -0.369 e. The predicted octanol–water partition coefficient (Wildman–Crippen LogP) is 4.08. The molecular weight excluding hydrogens is 431 g/mol. The summed E-state index contributed by atoms with van der Waals surface area (Å²) in [5, 5.41) is 11.4. The quantitative estimate of drug-likeness (QED) is 0.653. The maximum Gasteiger partial charge on any atom is 0.422 e. The van der Waals surface area contributed by atoms with Crippen LogP contribution in [-0.4, -0.2) is 49.6 Å². The van der Waals surface area contributed by atoms with E-state index in [4.69, 9.17) is 5.26 Å². The third kappa shape index (κ3) is 6.31. The summed E-state index contributed by atoms with van der Waals surface area (Å²) in [6.45, 7) is 3.21. The Balaban J connectivity index is 1.42. The number of amides is 1. The number of alkyl halides is 3. The van der Waals surface area contributed by atoms with Crippen LogP contribution in [0.4, 0.5) is 27.6 Å². The lowest BCUT2D eigenvalue weighted by Crippen LogP contribution is -2.47. The molecule has 1 amide bonds. The highest BCUT2D eigenvalue weighted by molar-refractivity contribution is 5.78. The van der Waals surface area contributed by atoms with E-state index in [2.05, 4.69) is 10.2 Å². The second-order valence-corrected chi connectivity index (χ2v) is 8.52. The molecule has 1 saturated heterocycles. The Morgan fingerprint density at radius 2 is 1.66 bits per heavy atom. The Bertz CT molecular complexity index is 815. The number of carbonyl (C=O) groups is 1. The monoisotopic (exact) mass is 458 g/mol. The molecule has 1 heterocycles. The number of nitriles is 1. The van der Waals surface area contributed by atoms with Gasteiger partial charge in [0.05, 0.1) is 6.07 Å². The average Bonchev–Trinajstić information content (AvgIpc) is 2.72. The zero-order chi connectivity index (χ0) is 23.3. The molecule has 32 heavy (non-hydrogen) atoms. The van der Waals surface area contributed by atoms with E-state index in [-0.39, 0.29) is 24.1 Å². The molecule has 1 aromatic carbocycles. The van der Waals surface area contributed by atoms with Crippen LogP contribution < -0.4 is 10.2 Å². The summed E-state index contributed by atoms with van der Waals surface area (Å²) < 4.78 is 66.0. The van der Waals surface area contributed by atoms with Crippen molar-refractivity contribution in [1.82, 2.24) is 10.2 Å². The Hall–Kier alpha value is -2.41. The van der Waals surface area contributed by atoms with Crippen LogP contribution in [0.1, 0.15) is 44.1 Å². The highest BCUT2D eigenvalue weighted by atomic mass is 19.4. The number of piperazine rings is 1. The molecule has 0 atom stereocenters. The SMILES string of the molecule is N#CCC(=O)NC1CCC(CCN2CCN(c3cc(F)c(C(F)(F)F)c(F)c3)CC2)CC1. The number of hydrogen-bond donors (Lipinski definition) is 1. The van der Waals surface area contributed by atoms with E-state index in [0.717, 1.165) is 50.8 Å². The second kappa shape index (κ2) is 10.5. The third-order valence-corrected chi connectivity index (χ3v) is 6.35. The van der Waals surface area contributed by atoms with Crippen molar-refractivity contribution in [3.05, 3.63) is 29.3 Å². The molecule has 1 saturated carbocycles. The number of rotatable bonds is 6. The molecule has 0 spiro atoms. The summed E-state index contributed by atoms with van der Waals surface area (Å²) in [6, 6.07) is 3.50. The maximum atomic E-state index is 13.9. The summed E-state index contributed by atoms with van der Waals surface area (Å²) in [5.74, 6) is -2.83. The number of carbonyl (C=O) groups excluding carboxylic acids is 1. The van der Waals surface area contributed by atoms with Crippen molar-refractivity contribution >= 4 is 11.6 Å². The molecule has 5 nitrogen and oxygen atoms in total. The van der Waals surface area contributed by atoms with Crippen molar-refractivity contribution in [1.29, 1.82) is 5.26 Å². The molecule has 1 aromatic rings. The highest BCUT2D eigenvalue weighted by Crippen LogP contribution is 2.36. The number of nitrogens with zero attached hydrogens (tertiary/aromatic N) is 3. The van der Waals surface area contributed by atoms with Gasteiger partial charge in [-0.3, -0.25) is 9.69 Å². The van der Waals surface area contributed by atoms with Gasteiger partial charge in [0.25, 0.3) is 0 Å². The Morgan fingerprint density at radius 1 is 1.06 bits per heavy atom. The van der Waals surface area contributed by atoms with Crippen LogP contribution in [0.2, 0.25) is 0 Å². The number of hydrogen-bond acceptors (Lipinski definition) is 4. The van der Waals surface area contributed by atoms with E-state index >= 15 is 0 Å². The highest BCUT2D eigenvalue weighted by Gasteiger charge is 2.38. The van der Waals surface area contributed by atoms with Gasteiger partial charge in [-0.15, -0.1) is 0 Å². The lowest BCUT2D eigenvalue weighted by Gasteiger charge is -2.37. The Kier molecular flexibility index (Phi) is 7.93. The lowest BCUT2D eigenvalue weighted by atomic mass is 9.84.